The average Bonchev–Trinajstić information content (AvgIpc) is 2.14. The van der Waals surface area contributed by atoms with Crippen molar-refractivity contribution in [3.63, 3.8) is 0 Å². The van der Waals surface area contributed by atoms with E-state index in [1.165, 1.54) is 11.3 Å². The van der Waals surface area contributed by atoms with Gasteiger partial charge in [0.2, 0.25) is 0 Å². The Balaban J connectivity index is 3.04. The van der Waals surface area contributed by atoms with Gasteiger partial charge in [-0.1, -0.05) is 25.6 Å². The number of hydrogen-bond donors (Lipinski definition) is 0. The first kappa shape index (κ1) is 12.9. The molecule has 0 aromatic heterocycles. The van der Waals surface area contributed by atoms with Gasteiger partial charge in [-0.15, -0.1) is 5.54 Å². The van der Waals surface area contributed by atoms with Crippen LogP contribution in [0.4, 0.5) is 5.69 Å². The van der Waals surface area contributed by atoms with Gasteiger partial charge in [0.25, 0.3) is 0 Å². The molecule has 0 heterocycles. The molecule has 1 aromatic carbocycles. The number of benzene rings is 1. The third-order valence-corrected chi connectivity index (χ3v) is 3.17. The van der Waals surface area contributed by atoms with Gasteiger partial charge >= 0.3 is 0 Å². The molecule has 1 rings (SSSR count). The molecule has 0 atom stereocenters. The van der Waals surface area contributed by atoms with Crippen molar-refractivity contribution >= 4 is 13.8 Å². The van der Waals surface area contributed by atoms with Crippen LogP contribution in [0.5, 0.6) is 0 Å². The van der Waals surface area contributed by atoms with Crippen molar-refractivity contribution in [1.29, 1.82) is 0 Å². The number of anilines is 1. The molecule has 0 bridgehead atoms. The van der Waals surface area contributed by atoms with E-state index < -0.39 is 8.07 Å². The summed E-state index contributed by atoms with van der Waals surface area (Å²) in [5.41, 5.74) is 7.06. The minimum atomic E-state index is -1.27. The normalized spacial score (nSPS) is 10.6. The third kappa shape index (κ3) is 3.75. The number of aryl methyl sites for hydroxylation is 1. The molecule has 0 amide bonds. The van der Waals surface area contributed by atoms with Gasteiger partial charge < -0.3 is 4.90 Å². The summed E-state index contributed by atoms with van der Waals surface area (Å²) in [4.78, 5) is 2.11. The molecule has 0 spiro atoms. The monoisotopic (exact) mass is 231 g/mol. The van der Waals surface area contributed by atoms with Crippen molar-refractivity contribution in [3.05, 3.63) is 29.3 Å². The standard InChI is InChI=1S/C14H21NSi/c1-12-11-14(15(2)3)8-7-13(12)9-10-16(4,5)6/h7-8,11H,1-6H3. The highest BCUT2D eigenvalue weighted by molar-refractivity contribution is 6.83. The van der Waals surface area contributed by atoms with Crippen molar-refractivity contribution in [1.82, 2.24) is 0 Å². The van der Waals surface area contributed by atoms with Gasteiger partial charge in [-0.2, -0.15) is 0 Å². The van der Waals surface area contributed by atoms with E-state index in [1.54, 1.807) is 0 Å². The van der Waals surface area contributed by atoms with Crippen molar-refractivity contribution in [2.75, 3.05) is 19.0 Å². The highest BCUT2D eigenvalue weighted by Crippen LogP contribution is 2.16. The Hall–Kier alpha value is -1.20. The second-order valence-corrected chi connectivity index (χ2v) is 10.1. The zero-order valence-electron chi connectivity index (χ0n) is 11.2. The molecule has 0 aliphatic heterocycles. The van der Waals surface area contributed by atoms with Gasteiger partial charge in [0, 0.05) is 25.3 Å². The summed E-state index contributed by atoms with van der Waals surface area (Å²) in [6.07, 6.45) is 0. The molecule has 0 N–H and O–H groups in total. The fourth-order valence-corrected chi connectivity index (χ4v) is 1.83. The van der Waals surface area contributed by atoms with Crippen LogP contribution in [0.15, 0.2) is 18.2 Å². The van der Waals surface area contributed by atoms with Crippen molar-refractivity contribution in [2.45, 2.75) is 26.6 Å². The predicted molar refractivity (Wildman–Crippen MR) is 75.7 cm³/mol. The Bertz CT molecular complexity index is 430. The lowest BCUT2D eigenvalue weighted by atomic mass is 10.1. The van der Waals surface area contributed by atoms with Gasteiger partial charge in [0.1, 0.15) is 8.07 Å². The maximum absolute atomic E-state index is 3.40. The van der Waals surface area contributed by atoms with E-state index in [4.69, 9.17) is 0 Å². The highest BCUT2D eigenvalue weighted by atomic mass is 28.3. The van der Waals surface area contributed by atoms with Gasteiger partial charge in [0.15, 0.2) is 0 Å². The smallest absolute Gasteiger partial charge is 0.129 e. The van der Waals surface area contributed by atoms with Crippen LogP contribution in [0.2, 0.25) is 19.6 Å². The van der Waals surface area contributed by atoms with Crippen molar-refractivity contribution < 1.29 is 0 Å². The quantitative estimate of drug-likeness (QED) is 0.529. The van der Waals surface area contributed by atoms with Crippen LogP contribution in [-0.4, -0.2) is 22.2 Å². The Morgan fingerprint density at radius 3 is 2.19 bits per heavy atom. The fourth-order valence-electron chi connectivity index (χ4n) is 1.32. The summed E-state index contributed by atoms with van der Waals surface area (Å²) in [5.74, 6) is 3.31. The number of nitrogens with zero attached hydrogens (tertiary/aromatic N) is 1. The first-order valence-corrected chi connectivity index (χ1v) is 9.11. The number of hydrogen-bond acceptors (Lipinski definition) is 1. The Kier molecular flexibility index (Phi) is 3.82. The molecule has 0 radical (unpaired) electrons. The molecule has 2 heteroatoms. The average molecular weight is 231 g/mol. The molecule has 0 saturated carbocycles. The summed E-state index contributed by atoms with van der Waals surface area (Å²) in [5, 5.41) is 0. The van der Waals surface area contributed by atoms with Crippen LogP contribution in [0.1, 0.15) is 11.1 Å². The Morgan fingerprint density at radius 2 is 1.75 bits per heavy atom. The Labute approximate surface area is 100 Å². The lowest BCUT2D eigenvalue weighted by molar-refractivity contribution is 1.13. The van der Waals surface area contributed by atoms with Gasteiger partial charge in [-0.25, -0.2) is 0 Å². The molecular formula is C14H21NSi. The predicted octanol–water partition coefficient (Wildman–Crippen LogP) is 3.29. The van der Waals surface area contributed by atoms with Crippen molar-refractivity contribution in [3.8, 4) is 11.5 Å². The molecule has 0 saturated heterocycles. The Morgan fingerprint density at radius 1 is 1.12 bits per heavy atom. The zero-order chi connectivity index (χ0) is 12.3. The van der Waals surface area contributed by atoms with E-state index in [1.807, 2.05) is 0 Å². The lowest BCUT2D eigenvalue weighted by Gasteiger charge is -2.13. The van der Waals surface area contributed by atoms with Gasteiger partial charge in [0.05, 0.1) is 0 Å². The maximum Gasteiger partial charge on any atom is 0.129 e. The molecule has 0 aliphatic carbocycles. The third-order valence-electron chi connectivity index (χ3n) is 2.30. The van der Waals surface area contributed by atoms with Crippen LogP contribution in [-0.2, 0) is 0 Å². The molecule has 1 nitrogen and oxygen atoms in total. The zero-order valence-corrected chi connectivity index (χ0v) is 12.2. The topological polar surface area (TPSA) is 3.24 Å². The molecule has 0 aliphatic rings. The minimum Gasteiger partial charge on any atom is -0.378 e. The second kappa shape index (κ2) is 4.76. The summed E-state index contributed by atoms with van der Waals surface area (Å²) >= 11 is 0. The van der Waals surface area contributed by atoms with Crippen LogP contribution in [0, 0.1) is 18.4 Å². The maximum atomic E-state index is 3.40. The number of rotatable bonds is 1. The van der Waals surface area contributed by atoms with Gasteiger partial charge in [-0.05, 0) is 30.7 Å². The summed E-state index contributed by atoms with van der Waals surface area (Å²) in [6.45, 7) is 8.93. The minimum absolute atomic E-state index is 1.16. The van der Waals surface area contributed by atoms with E-state index in [0.29, 0.717) is 0 Å². The fraction of sp³-hybridized carbons (Fsp3) is 0.429. The SMILES string of the molecule is Cc1cc(N(C)C)ccc1C#C[Si](C)(C)C. The van der Waals surface area contributed by atoms with Crippen LogP contribution >= 0.6 is 0 Å². The van der Waals surface area contributed by atoms with E-state index >= 15 is 0 Å². The summed E-state index contributed by atoms with van der Waals surface area (Å²) < 4.78 is 0. The van der Waals surface area contributed by atoms with Crippen molar-refractivity contribution in [2.24, 2.45) is 0 Å². The molecule has 0 unspecified atom stereocenters. The first-order chi connectivity index (χ1) is 7.29. The molecule has 16 heavy (non-hydrogen) atoms. The molecule has 86 valence electrons. The lowest BCUT2D eigenvalue weighted by Crippen LogP contribution is -2.16. The molecule has 1 aromatic rings. The van der Waals surface area contributed by atoms with Crippen LogP contribution in [0.3, 0.4) is 0 Å². The van der Waals surface area contributed by atoms with E-state index in [2.05, 4.69) is 75.2 Å². The van der Waals surface area contributed by atoms with E-state index in [9.17, 15) is 0 Å². The van der Waals surface area contributed by atoms with Gasteiger partial charge in [-0.3, -0.25) is 0 Å². The second-order valence-electron chi connectivity index (χ2n) is 5.39. The highest BCUT2D eigenvalue weighted by Gasteiger charge is 2.07. The largest absolute Gasteiger partial charge is 0.378 e. The van der Waals surface area contributed by atoms with Crippen LogP contribution < -0.4 is 4.90 Å². The summed E-state index contributed by atoms with van der Waals surface area (Å²) in [6, 6.07) is 6.44. The van der Waals surface area contributed by atoms with Crippen LogP contribution in [0.25, 0.3) is 0 Å². The van der Waals surface area contributed by atoms with E-state index in [-0.39, 0.29) is 0 Å². The van der Waals surface area contributed by atoms with E-state index in [0.717, 1.165) is 5.56 Å². The first-order valence-electron chi connectivity index (χ1n) is 5.61. The summed E-state index contributed by atoms with van der Waals surface area (Å²) in [7, 11) is 2.85. The molecular weight excluding hydrogens is 210 g/mol. The molecule has 0 fully saturated rings.